The predicted octanol–water partition coefficient (Wildman–Crippen LogP) is 3.44. The lowest BCUT2D eigenvalue weighted by Gasteiger charge is -2.35. The third kappa shape index (κ3) is 4.45. The number of allylic oxidation sites excluding steroid dienone is 1. The minimum absolute atomic E-state index is 0.149. The Labute approximate surface area is 188 Å². The van der Waals surface area contributed by atoms with Crippen LogP contribution in [0.15, 0.2) is 66.1 Å². The zero-order valence-electron chi connectivity index (χ0n) is 18.0. The number of nitrogens with one attached hydrogen (secondary N) is 1. The van der Waals surface area contributed by atoms with Crippen LogP contribution in [0.3, 0.4) is 0 Å². The van der Waals surface area contributed by atoms with E-state index in [-0.39, 0.29) is 18.7 Å². The van der Waals surface area contributed by atoms with Crippen LogP contribution in [0, 0.1) is 11.6 Å². The summed E-state index contributed by atoms with van der Waals surface area (Å²) in [6, 6.07) is 10.5. The summed E-state index contributed by atoms with van der Waals surface area (Å²) in [5.74, 6) is -1.60. The molecule has 3 aromatic rings. The van der Waals surface area contributed by atoms with Gasteiger partial charge in [0.25, 0.3) is 0 Å². The molecule has 1 aliphatic rings. The van der Waals surface area contributed by atoms with Gasteiger partial charge in [0, 0.05) is 11.4 Å². The highest BCUT2D eigenvalue weighted by Gasteiger charge is 2.38. The molecule has 0 bridgehead atoms. The first-order valence-corrected chi connectivity index (χ1v) is 10.2. The molecule has 0 fully saturated rings. The van der Waals surface area contributed by atoms with Crippen molar-refractivity contribution in [1.82, 2.24) is 14.8 Å². The molecule has 1 atom stereocenters. The van der Waals surface area contributed by atoms with E-state index in [9.17, 15) is 18.4 Å². The monoisotopic (exact) mass is 453 g/mol. The number of anilines is 2. The van der Waals surface area contributed by atoms with E-state index in [2.05, 4.69) is 15.4 Å². The summed E-state index contributed by atoms with van der Waals surface area (Å²) in [6.45, 7) is 3.31. The Morgan fingerprint density at radius 1 is 1.12 bits per heavy atom. The van der Waals surface area contributed by atoms with Gasteiger partial charge in [-0.05, 0) is 49.7 Å². The SMILES string of the molecule is CCOC(=O)C1=C(C)N(CC(=O)Nc2cccc(F)c2)c2ncnn2[C@@H]1c1ccc(F)cc1. The van der Waals surface area contributed by atoms with E-state index in [1.807, 2.05) is 0 Å². The second-order valence-electron chi connectivity index (χ2n) is 7.32. The van der Waals surface area contributed by atoms with E-state index in [1.54, 1.807) is 32.0 Å². The topological polar surface area (TPSA) is 89.3 Å². The Bertz CT molecular complexity index is 1220. The van der Waals surface area contributed by atoms with Gasteiger partial charge in [-0.2, -0.15) is 10.1 Å². The Hall–Kier alpha value is -4.08. The first-order chi connectivity index (χ1) is 15.9. The minimum Gasteiger partial charge on any atom is -0.463 e. The number of hydrogen-bond donors (Lipinski definition) is 1. The lowest BCUT2D eigenvalue weighted by molar-refractivity contribution is -0.139. The standard InChI is InChI=1S/C23H21F2N5O3/c1-3-33-22(32)20-14(2)29(12-19(31)28-18-6-4-5-17(25)11-18)23-26-13-27-30(23)21(20)15-7-9-16(24)10-8-15/h4-11,13,21H,3,12H2,1-2H3,(H,28,31)/t21-/m1/s1. The predicted molar refractivity (Wildman–Crippen MR) is 116 cm³/mol. The molecule has 1 amide bonds. The largest absolute Gasteiger partial charge is 0.463 e. The molecular weight excluding hydrogens is 432 g/mol. The molecule has 0 spiro atoms. The third-order valence-corrected chi connectivity index (χ3v) is 5.20. The first-order valence-electron chi connectivity index (χ1n) is 10.2. The van der Waals surface area contributed by atoms with E-state index in [4.69, 9.17) is 4.74 Å². The van der Waals surface area contributed by atoms with Crippen molar-refractivity contribution in [2.24, 2.45) is 0 Å². The molecular formula is C23H21F2N5O3. The highest BCUT2D eigenvalue weighted by atomic mass is 19.1. The van der Waals surface area contributed by atoms with Gasteiger partial charge in [-0.15, -0.1) is 0 Å². The Kier molecular flexibility index (Phi) is 6.16. The average molecular weight is 453 g/mol. The number of fused-ring (bicyclic) bond motifs is 1. The van der Waals surface area contributed by atoms with Crippen LogP contribution >= 0.6 is 0 Å². The van der Waals surface area contributed by atoms with Crippen molar-refractivity contribution in [1.29, 1.82) is 0 Å². The van der Waals surface area contributed by atoms with Gasteiger partial charge in [0.2, 0.25) is 11.9 Å². The molecule has 2 aromatic carbocycles. The Balaban J connectivity index is 1.73. The molecule has 8 nitrogen and oxygen atoms in total. The second kappa shape index (κ2) is 9.19. The minimum atomic E-state index is -0.718. The fourth-order valence-corrected chi connectivity index (χ4v) is 3.76. The molecule has 4 rings (SSSR count). The summed E-state index contributed by atoms with van der Waals surface area (Å²) in [7, 11) is 0. The van der Waals surface area contributed by atoms with Gasteiger partial charge in [-0.1, -0.05) is 18.2 Å². The summed E-state index contributed by atoms with van der Waals surface area (Å²) < 4.78 is 33.8. The summed E-state index contributed by atoms with van der Waals surface area (Å²) in [5.41, 5.74) is 1.60. The molecule has 0 radical (unpaired) electrons. The molecule has 1 N–H and O–H groups in total. The van der Waals surface area contributed by atoms with E-state index >= 15 is 0 Å². The van der Waals surface area contributed by atoms with Crippen LogP contribution in [-0.4, -0.2) is 39.8 Å². The first kappa shape index (κ1) is 22.1. The van der Waals surface area contributed by atoms with Crippen LogP contribution in [0.5, 0.6) is 0 Å². The zero-order chi connectivity index (χ0) is 23.5. The van der Waals surface area contributed by atoms with Crippen LogP contribution in [0.4, 0.5) is 20.4 Å². The van der Waals surface area contributed by atoms with Gasteiger partial charge >= 0.3 is 5.97 Å². The maximum absolute atomic E-state index is 13.5. The van der Waals surface area contributed by atoms with Crippen molar-refractivity contribution in [2.75, 3.05) is 23.4 Å². The fraction of sp³-hybridized carbons (Fsp3) is 0.217. The van der Waals surface area contributed by atoms with E-state index in [0.29, 0.717) is 22.9 Å². The number of nitrogens with zero attached hydrogens (tertiary/aromatic N) is 4. The number of esters is 1. The lowest BCUT2D eigenvalue weighted by atomic mass is 9.95. The number of amides is 1. The molecule has 10 heteroatoms. The quantitative estimate of drug-likeness (QED) is 0.575. The van der Waals surface area contributed by atoms with Gasteiger partial charge in [0.05, 0.1) is 12.2 Å². The fourth-order valence-electron chi connectivity index (χ4n) is 3.76. The Morgan fingerprint density at radius 3 is 2.58 bits per heavy atom. The van der Waals surface area contributed by atoms with E-state index in [1.165, 1.54) is 46.2 Å². The van der Waals surface area contributed by atoms with Gasteiger partial charge < -0.3 is 15.0 Å². The molecule has 2 heterocycles. The van der Waals surface area contributed by atoms with Crippen molar-refractivity contribution in [3.8, 4) is 0 Å². The number of ether oxygens (including phenoxy) is 1. The summed E-state index contributed by atoms with van der Waals surface area (Å²) in [5, 5.41) is 6.90. The van der Waals surface area contributed by atoms with Crippen molar-refractivity contribution in [3.05, 3.63) is 83.3 Å². The van der Waals surface area contributed by atoms with Crippen LogP contribution in [0.1, 0.15) is 25.5 Å². The molecule has 33 heavy (non-hydrogen) atoms. The molecule has 170 valence electrons. The average Bonchev–Trinajstić information content (AvgIpc) is 3.25. The van der Waals surface area contributed by atoms with Gasteiger partial charge in [-0.3, -0.25) is 4.79 Å². The molecule has 0 saturated heterocycles. The summed E-state index contributed by atoms with van der Waals surface area (Å²) in [6.07, 6.45) is 1.31. The maximum atomic E-state index is 13.5. The van der Waals surface area contributed by atoms with Crippen LogP contribution in [0.25, 0.3) is 0 Å². The number of carbonyl (C=O) groups excluding carboxylic acids is 2. The van der Waals surface area contributed by atoms with Crippen LogP contribution in [-0.2, 0) is 14.3 Å². The summed E-state index contributed by atoms with van der Waals surface area (Å²) >= 11 is 0. The lowest BCUT2D eigenvalue weighted by Crippen LogP contribution is -2.40. The molecule has 0 unspecified atom stereocenters. The molecule has 0 saturated carbocycles. The number of halogens is 2. The number of aromatic nitrogens is 3. The van der Waals surface area contributed by atoms with Crippen molar-refractivity contribution in [2.45, 2.75) is 19.9 Å². The van der Waals surface area contributed by atoms with Crippen molar-refractivity contribution >= 4 is 23.5 Å². The van der Waals surface area contributed by atoms with E-state index in [0.717, 1.165) is 0 Å². The Morgan fingerprint density at radius 2 is 1.88 bits per heavy atom. The van der Waals surface area contributed by atoms with Gasteiger partial charge in [-0.25, -0.2) is 18.3 Å². The highest BCUT2D eigenvalue weighted by Crippen LogP contribution is 2.38. The molecule has 1 aliphatic heterocycles. The zero-order valence-corrected chi connectivity index (χ0v) is 18.0. The van der Waals surface area contributed by atoms with Crippen LogP contribution < -0.4 is 10.2 Å². The highest BCUT2D eigenvalue weighted by molar-refractivity contribution is 5.96. The number of rotatable bonds is 6. The molecule has 0 aliphatic carbocycles. The maximum Gasteiger partial charge on any atom is 0.338 e. The van der Waals surface area contributed by atoms with Crippen molar-refractivity contribution in [3.63, 3.8) is 0 Å². The third-order valence-electron chi connectivity index (χ3n) is 5.20. The second-order valence-corrected chi connectivity index (χ2v) is 7.32. The van der Waals surface area contributed by atoms with E-state index < -0.39 is 29.6 Å². The van der Waals surface area contributed by atoms with Gasteiger partial charge in [0.15, 0.2) is 0 Å². The summed E-state index contributed by atoms with van der Waals surface area (Å²) in [4.78, 5) is 31.5. The number of carbonyl (C=O) groups is 2. The molecule has 1 aromatic heterocycles. The van der Waals surface area contributed by atoms with Crippen molar-refractivity contribution < 1.29 is 23.1 Å². The van der Waals surface area contributed by atoms with Gasteiger partial charge in [0.1, 0.15) is 30.5 Å². The van der Waals surface area contributed by atoms with Crippen LogP contribution in [0.2, 0.25) is 0 Å². The number of benzene rings is 2. The normalized spacial score (nSPS) is 15.3. The smallest absolute Gasteiger partial charge is 0.338 e. The number of hydrogen-bond acceptors (Lipinski definition) is 6.